The minimum absolute atomic E-state index is 0.366. The van der Waals surface area contributed by atoms with Crippen LogP contribution >= 0.6 is 11.6 Å². The van der Waals surface area contributed by atoms with Gasteiger partial charge in [-0.25, -0.2) is 5.43 Å². The van der Waals surface area contributed by atoms with Crippen LogP contribution in [0.4, 0.5) is 11.4 Å². The first-order valence-corrected chi connectivity index (χ1v) is 8.25. The van der Waals surface area contributed by atoms with Crippen LogP contribution in [0.3, 0.4) is 0 Å². The van der Waals surface area contributed by atoms with Crippen molar-refractivity contribution in [2.75, 3.05) is 10.7 Å². The van der Waals surface area contributed by atoms with Crippen molar-refractivity contribution in [1.82, 2.24) is 10.7 Å². The Morgan fingerprint density at radius 1 is 0.880 bits per heavy atom. The molecule has 0 saturated carbocycles. The molecule has 1 aliphatic heterocycles. The van der Waals surface area contributed by atoms with Gasteiger partial charge in [-0.3, -0.25) is 5.43 Å². The summed E-state index contributed by atoms with van der Waals surface area (Å²) in [6, 6.07) is 24.1. The van der Waals surface area contributed by atoms with Gasteiger partial charge < -0.3 is 5.32 Å². The van der Waals surface area contributed by atoms with Gasteiger partial charge in [-0.15, -0.1) is 10.3 Å². The van der Waals surface area contributed by atoms with E-state index in [0.717, 1.165) is 28.0 Å². The Labute approximate surface area is 150 Å². The van der Waals surface area contributed by atoms with Crippen molar-refractivity contribution >= 4 is 38.9 Å². The van der Waals surface area contributed by atoms with E-state index in [1.807, 2.05) is 54.6 Å². The molecule has 1 aliphatic rings. The lowest BCUT2D eigenvalue weighted by molar-refractivity contribution is 0.273. The number of hydrazine groups is 2. The van der Waals surface area contributed by atoms with E-state index in [1.54, 1.807) is 6.08 Å². The largest absolute Gasteiger partial charge is 0.341 e. The Morgan fingerprint density at radius 3 is 2.52 bits per heavy atom. The molecule has 0 radical (unpaired) electrons. The molecule has 0 atom stereocenters. The number of hydrogen-bond donors (Lipinski definition) is 3. The highest BCUT2D eigenvalue weighted by Crippen LogP contribution is 2.23. The molecule has 5 nitrogen and oxygen atoms in total. The van der Waals surface area contributed by atoms with Gasteiger partial charge in [0.2, 0.25) is 0 Å². The minimum atomic E-state index is 0.366. The fourth-order valence-electron chi connectivity index (χ4n) is 2.65. The summed E-state index contributed by atoms with van der Waals surface area (Å²) in [5.74, 6) is 0.721. The highest BCUT2D eigenvalue weighted by Gasteiger charge is 2.13. The Hall–Kier alpha value is -3.18. The maximum atomic E-state index is 6.17. The Kier molecular flexibility index (Phi) is 4.14. The van der Waals surface area contributed by atoms with Crippen molar-refractivity contribution in [2.24, 2.45) is 5.10 Å². The normalized spacial score (nSPS) is 13.7. The maximum absolute atomic E-state index is 6.17. The second-order valence-electron chi connectivity index (χ2n) is 5.53. The smallest absolute Gasteiger partial charge is 0.156 e. The molecule has 3 aromatic rings. The van der Waals surface area contributed by atoms with Crippen LogP contribution in [-0.4, -0.2) is 10.4 Å². The lowest BCUT2D eigenvalue weighted by Crippen LogP contribution is -2.42. The molecule has 0 spiro atoms. The molecule has 0 unspecified atom stereocenters. The predicted octanol–water partition coefficient (Wildman–Crippen LogP) is 4.49. The third kappa shape index (κ3) is 3.51. The zero-order valence-corrected chi connectivity index (χ0v) is 14.0. The topological polar surface area (TPSA) is 51.7 Å². The molecule has 3 aromatic carbocycles. The first-order valence-electron chi connectivity index (χ1n) is 7.87. The molecular formula is C19H16ClN5. The van der Waals surface area contributed by atoms with Crippen LogP contribution in [0, 0.1) is 0 Å². The minimum Gasteiger partial charge on any atom is -0.341 e. The molecule has 0 saturated heterocycles. The van der Waals surface area contributed by atoms with Crippen LogP contribution in [0.5, 0.6) is 0 Å². The van der Waals surface area contributed by atoms with Gasteiger partial charge in [-0.1, -0.05) is 66.2 Å². The number of nitrogens with zero attached hydrogens (tertiary/aromatic N) is 2. The lowest BCUT2D eigenvalue weighted by Gasteiger charge is -2.27. The molecule has 0 fully saturated rings. The number of anilines is 2. The summed E-state index contributed by atoms with van der Waals surface area (Å²) in [4.78, 5) is 0. The molecule has 4 rings (SSSR count). The average molecular weight is 350 g/mol. The molecule has 25 heavy (non-hydrogen) atoms. The van der Waals surface area contributed by atoms with Crippen LogP contribution in [0.15, 0.2) is 89.8 Å². The fraction of sp³-hybridized carbons (Fsp3) is 0. The summed E-state index contributed by atoms with van der Waals surface area (Å²) in [6.07, 6.45) is 1.73. The van der Waals surface area contributed by atoms with Crippen molar-refractivity contribution in [3.8, 4) is 0 Å². The van der Waals surface area contributed by atoms with Crippen LogP contribution < -0.4 is 16.2 Å². The fourth-order valence-corrected chi connectivity index (χ4v) is 2.83. The van der Waals surface area contributed by atoms with E-state index >= 15 is 0 Å². The zero-order chi connectivity index (χ0) is 17.1. The number of allylic oxidation sites excluding steroid dienone is 1. The summed E-state index contributed by atoms with van der Waals surface area (Å²) in [5.41, 5.74) is 8.27. The van der Waals surface area contributed by atoms with Gasteiger partial charge in [-0.05, 0) is 23.6 Å². The lowest BCUT2D eigenvalue weighted by atomic mass is 10.1. The van der Waals surface area contributed by atoms with Crippen molar-refractivity contribution < 1.29 is 0 Å². The average Bonchev–Trinajstić information content (AvgIpc) is 2.62. The van der Waals surface area contributed by atoms with Gasteiger partial charge in [0.25, 0.3) is 0 Å². The number of hydrazone groups is 1. The van der Waals surface area contributed by atoms with Crippen LogP contribution in [0.1, 0.15) is 0 Å². The van der Waals surface area contributed by atoms with Gasteiger partial charge in [0.1, 0.15) is 5.82 Å². The number of hydrogen-bond acceptors (Lipinski definition) is 5. The summed E-state index contributed by atoms with van der Waals surface area (Å²) in [5, 5.41) is 11.6. The molecule has 0 amide bonds. The number of para-hydroxylation sites is 1. The van der Waals surface area contributed by atoms with Crippen LogP contribution in [-0.2, 0) is 0 Å². The van der Waals surface area contributed by atoms with Crippen molar-refractivity contribution in [3.63, 3.8) is 0 Å². The van der Waals surface area contributed by atoms with Crippen LogP contribution in [0.25, 0.3) is 10.8 Å². The molecule has 6 heteroatoms. The Balaban J connectivity index is 1.54. The second-order valence-corrected chi connectivity index (χ2v) is 5.92. The predicted molar refractivity (Wildman–Crippen MR) is 104 cm³/mol. The number of fused-ring (bicyclic) bond motifs is 1. The van der Waals surface area contributed by atoms with E-state index in [1.165, 1.54) is 5.23 Å². The zero-order valence-electron chi connectivity index (χ0n) is 13.3. The highest BCUT2D eigenvalue weighted by molar-refractivity contribution is 6.68. The maximum Gasteiger partial charge on any atom is 0.156 e. The molecular weight excluding hydrogens is 334 g/mol. The van der Waals surface area contributed by atoms with Gasteiger partial charge in [0, 0.05) is 17.1 Å². The van der Waals surface area contributed by atoms with Crippen molar-refractivity contribution in [3.05, 3.63) is 84.7 Å². The summed E-state index contributed by atoms with van der Waals surface area (Å²) < 4.78 is 0. The molecule has 124 valence electrons. The van der Waals surface area contributed by atoms with Crippen molar-refractivity contribution in [1.29, 1.82) is 0 Å². The summed E-state index contributed by atoms with van der Waals surface area (Å²) in [7, 11) is 0. The van der Waals surface area contributed by atoms with E-state index in [9.17, 15) is 0 Å². The number of rotatable bonds is 4. The van der Waals surface area contributed by atoms with Gasteiger partial charge in [-0.2, -0.15) is 0 Å². The number of halogens is 1. The van der Waals surface area contributed by atoms with E-state index in [4.69, 9.17) is 11.6 Å². The van der Waals surface area contributed by atoms with Gasteiger partial charge in [0.05, 0.1) is 5.69 Å². The van der Waals surface area contributed by atoms with E-state index in [2.05, 4.69) is 39.5 Å². The number of nitrogens with one attached hydrogen (secondary N) is 3. The quantitative estimate of drug-likeness (QED) is 0.649. The third-order valence-corrected chi connectivity index (χ3v) is 3.94. The Morgan fingerprint density at radius 2 is 1.64 bits per heavy atom. The number of benzene rings is 3. The molecule has 1 heterocycles. The van der Waals surface area contributed by atoms with Crippen LogP contribution in [0.2, 0.25) is 0 Å². The van der Waals surface area contributed by atoms with E-state index < -0.39 is 0 Å². The summed E-state index contributed by atoms with van der Waals surface area (Å²) >= 11 is 6.17. The van der Waals surface area contributed by atoms with Crippen molar-refractivity contribution in [2.45, 2.75) is 0 Å². The molecule has 0 aromatic heterocycles. The van der Waals surface area contributed by atoms with Gasteiger partial charge in [0.15, 0.2) is 5.17 Å². The Bertz CT molecular complexity index is 947. The standard InChI is InChI=1S/C19H16ClN5/c20-18-13-19(21-15-9-2-1-3-10-15)24-25(23-18)22-17-12-6-8-14-7-4-5-11-16(14)17/h1-13,21-22,24H. The first-order chi connectivity index (χ1) is 12.3. The van der Waals surface area contributed by atoms with E-state index in [-0.39, 0.29) is 0 Å². The second kappa shape index (κ2) is 6.75. The summed E-state index contributed by atoms with van der Waals surface area (Å²) in [6.45, 7) is 0. The SMILES string of the molecule is ClC1=NN(Nc2cccc3ccccc23)NC(Nc2ccccc2)=C1. The monoisotopic (exact) mass is 349 g/mol. The first kappa shape index (κ1) is 15.4. The third-order valence-electron chi connectivity index (χ3n) is 3.75. The molecule has 0 aliphatic carbocycles. The molecule has 3 N–H and O–H groups in total. The molecule has 0 bridgehead atoms. The van der Waals surface area contributed by atoms with Gasteiger partial charge >= 0.3 is 0 Å². The van der Waals surface area contributed by atoms with E-state index in [0.29, 0.717) is 5.17 Å². The highest BCUT2D eigenvalue weighted by atomic mass is 35.5.